The lowest BCUT2D eigenvalue weighted by atomic mass is 10.2. The Kier molecular flexibility index (Phi) is 2.62. The molecule has 0 bridgehead atoms. The van der Waals surface area contributed by atoms with Crippen molar-refractivity contribution in [2.45, 2.75) is 6.54 Å². The Morgan fingerprint density at radius 1 is 1.28 bits per heavy atom. The number of hydrogen-bond acceptors (Lipinski definition) is 5. The monoisotopic (exact) mass is 241 g/mol. The SMILES string of the molecule is NCc1ccccc1Oc1nccn2cnnc12. The van der Waals surface area contributed by atoms with E-state index in [0.717, 1.165) is 5.56 Å². The van der Waals surface area contributed by atoms with Gasteiger partial charge < -0.3 is 10.5 Å². The summed E-state index contributed by atoms with van der Waals surface area (Å²) < 4.78 is 7.50. The summed E-state index contributed by atoms with van der Waals surface area (Å²) in [5.41, 5.74) is 7.15. The summed E-state index contributed by atoms with van der Waals surface area (Å²) in [6.45, 7) is 0.409. The van der Waals surface area contributed by atoms with Gasteiger partial charge in [0.25, 0.3) is 5.88 Å². The van der Waals surface area contributed by atoms with Crippen LogP contribution >= 0.6 is 0 Å². The Labute approximate surface area is 103 Å². The van der Waals surface area contributed by atoms with Crippen molar-refractivity contribution in [3.8, 4) is 11.6 Å². The lowest BCUT2D eigenvalue weighted by molar-refractivity contribution is 0.459. The van der Waals surface area contributed by atoms with E-state index in [1.165, 1.54) is 0 Å². The highest BCUT2D eigenvalue weighted by molar-refractivity contribution is 5.50. The zero-order valence-corrected chi connectivity index (χ0v) is 9.52. The lowest BCUT2D eigenvalue weighted by Gasteiger charge is -2.08. The Bertz CT molecular complexity index is 679. The van der Waals surface area contributed by atoms with Gasteiger partial charge in [-0.05, 0) is 6.07 Å². The van der Waals surface area contributed by atoms with Crippen LogP contribution in [0.2, 0.25) is 0 Å². The molecular weight excluding hydrogens is 230 g/mol. The number of nitrogens with two attached hydrogens (primary N) is 1. The summed E-state index contributed by atoms with van der Waals surface area (Å²) in [4.78, 5) is 4.16. The third kappa shape index (κ3) is 1.78. The van der Waals surface area contributed by atoms with E-state index in [4.69, 9.17) is 10.5 Å². The molecule has 0 saturated carbocycles. The highest BCUT2D eigenvalue weighted by Gasteiger charge is 2.09. The van der Waals surface area contributed by atoms with Gasteiger partial charge in [-0.3, -0.25) is 4.40 Å². The first kappa shape index (κ1) is 10.7. The Balaban J connectivity index is 2.04. The predicted octanol–water partition coefficient (Wildman–Crippen LogP) is 1.38. The van der Waals surface area contributed by atoms with Crippen LogP contribution in [0.3, 0.4) is 0 Å². The maximum Gasteiger partial charge on any atom is 0.265 e. The average molecular weight is 241 g/mol. The van der Waals surface area contributed by atoms with Crippen molar-refractivity contribution >= 4 is 5.65 Å². The first-order chi connectivity index (χ1) is 8.88. The summed E-state index contributed by atoms with van der Waals surface area (Å²) in [6, 6.07) is 7.57. The van der Waals surface area contributed by atoms with Crippen LogP contribution in [-0.4, -0.2) is 19.6 Å². The molecule has 0 spiro atoms. The van der Waals surface area contributed by atoms with Crippen molar-refractivity contribution < 1.29 is 4.74 Å². The minimum atomic E-state index is 0.409. The number of aromatic nitrogens is 4. The molecule has 2 heterocycles. The molecule has 6 nitrogen and oxygen atoms in total. The van der Waals surface area contributed by atoms with Crippen LogP contribution in [0, 0.1) is 0 Å². The molecule has 0 aliphatic heterocycles. The van der Waals surface area contributed by atoms with Gasteiger partial charge in [0, 0.05) is 24.5 Å². The van der Waals surface area contributed by atoms with Crippen molar-refractivity contribution in [3.05, 3.63) is 48.5 Å². The van der Waals surface area contributed by atoms with Gasteiger partial charge in [0.1, 0.15) is 12.1 Å². The van der Waals surface area contributed by atoms with Gasteiger partial charge in [0.05, 0.1) is 0 Å². The maximum atomic E-state index is 5.76. The molecule has 0 unspecified atom stereocenters. The Morgan fingerprint density at radius 2 is 2.17 bits per heavy atom. The second-order valence-corrected chi connectivity index (χ2v) is 3.71. The number of benzene rings is 1. The van der Waals surface area contributed by atoms with Crippen molar-refractivity contribution in [1.29, 1.82) is 0 Å². The fraction of sp³-hybridized carbons (Fsp3) is 0.0833. The molecule has 0 aliphatic rings. The van der Waals surface area contributed by atoms with Crippen molar-refractivity contribution in [1.82, 2.24) is 19.6 Å². The highest BCUT2D eigenvalue weighted by Crippen LogP contribution is 2.25. The van der Waals surface area contributed by atoms with E-state index >= 15 is 0 Å². The third-order valence-electron chi connectivity index (χ3n) is 2.58. The zero-order valence-electron chi connectivity index (χ0n) is 9.52. The highest BCUT2D eigenvalue weighted by atomic mass is 16.5. The van der Waals surface area contributed by atoms with Gasteiger partial charge in [-0.2, -0.15) is 0 Å². The number of para-hydroxylation sites is 1. The van der Waals surface area contributed by atoms with Gasteiger partial charge in [-0.1, -0.05) is 18.2 Å². The largest absolute Gasteiger partial charge is 0.436 e. The van der Waals surface area contributed by atoms with E-state index in [-0.39, 0.29) is 0 Å². The molecule has 3 rings (SSSR count). The number of ether oxygens (including phenoxy) is 1. The second kappa shape index (κ2) is 4.42. The van der Waals surface area contributed by atoms with Crippen LogP contribution in [0.25, 0.3) is 5.65 Å². The first-order valence-corrected chi connectivity index (χ1v) is 5.48. The van der Waals surface area contributed by atoms with Crippen LogP contribution in [0.5, 0.6) is 11.6 Å². The molecule has 90 valence electrons. The summed E-state index contributed by atoms with van der Waals surface area (Å²) in [5, 5.41) is 7.78. The van der Waals surface area contributed by atoms with Gasteiger partial charge in [0.2, 0.25) is 5.65 Å². The van der Waals surface area contributed by atoms with Crippen LogP contribution in [0.4, 0.5) is 0 Å². The van der Waals surface area contributed by atoms with Crippen molar-refractivity contribution in [2.75, 3.05) is 0 Å². The minimum Gasteiger partial charge on any atom is -0.436 e. The summed E-state index contributed by atoms with van der Waals surface area (Å²) in [7, 11) is 0. The third-order valence-corrected chi connectivity index (χ3v) is 2.58. The molecule has 1 aromatic carbocycles. The van der Waals surface area contributed by atoms with Gasteiger partial charge in [0.15, 0.2) is 0 Å². The smallest absolute Gasteiger partial charge is 0.265 e. The maximum absolute atomic E-state index is 5.76. The summed E-state index contributed by atoms with van der Waals surface area (Å²) >= 11 is 0. The molecule has 18 heavy (non-hydrogen) atoms. The number of nitrogens with zero attached hydrogens (tertiary/aromatic N) is 4. The fourth-order valence-corrected chi connectivity index (χ4v) is 1.68. The van der Waals surface area contributed by atoms with Gasteiger partial charge in [-0.25, -0.2) is 4.98 Å². The molecule has 0 aliphatic carbocycles. The first-order valence-electron chi connectivity index (χ1n) is 5.48. The molecule has 0 atom stereocenters. The van der Waals surface area contributed by atoms with Crippen LogP contribution in [0.15, 0.2) is 43.0 Å². The van der Waals surface area contributed by atoms with Gasteiger partial charge >= 0.3 is 0 Å². The van der Waals surface area contributed by atoms with Crippen LogP contribution in [0.1, 0.15) is 5.56 Å². The molecule has 0 fully saturated rings. The Hall–Kier alpha value is -2.47. The van der Waals surface area contributed by atoms with Crippen LogP contribution in [-0.2, 0) is 6.54 Å². The van der Waals surface area contributed by atoms with E-state index < -0.39 is 0 Å². The number of rotatable bonds is 3. The van der Waals surface area contributed by atoms with Crippen molar-refractivity contribution in [3.63, 3.8) is 0 Å². The van der Waals surface area contributed by atoms with Crippen molar-refractivity contribution in [2.24, 2.45) is 5.73 Å². The molecule has 0 amide bonds. The topological polar surface area (TPSA) is 78.3 Å². The van der Waals surface area contributed by atoms with E-state index in [1.54, 1.807) is 23.1 Å². The predicted molar refractivity (Wildman–Crippen MR) is 65.2 cm³/mol. The molecule has 2 aromatic heterocycles. The van der Waals surface area contributed by atoms with E-state index in [2.05, 4.69) is 15.2 Å². The molecule has 0 radical (unpaired) electrons. The molecular formula is C12H11N5O. The minimum absolute atomic E-state index is 0.409. The second-order valence-electron chi connectivity index (χ2n) is 3.71. The normalized spacial score (nSPS) is 10.7. The quantitative estimate of drug-likeness (QED) is 0.749. The van der Waals surface area contributed by atoms with Crippen LogP contribution < -0.4 is 10.5 Å². The molecule has 2 N–H and O–H groups in total. The molecule has 6 heteroatoms. The molecule has 0 saturated heterocycles. The standard InChI is InChI=1S/C12H11N5O/c13-7-9-3-1-2-4-10(9)18-12-11-16-15-8-17(11)6-5-14-12/h1-6,8H,7,13H2. The number of hydrogen-bond donors (Lipinski definition) is 1. The van der Waals surface area contributed by atoms with E-state index in [1.807, 2.05) is 24.3 Å². The molecule has 3 aromatic rings. The zero-order chi connectivity index (χ0) is 12.4. The van der Waals surface area contributed by atoms with Gasteiger partial charge in [-0.15, -0.1) is 10.2 Å². The van der Waals surface area contributed by atoms with E-state index in [9.17, 15) is 0 Å². The van der Waals surface area contributed by atoms with E-state index in [0.29, 0.717) is 23.8 Å². The summed E-state index contributed by atoms with van der Waals surface area (Å²) in [5.74, 6) is 1.10. The summed E-state index contributed by atoms with van der Waals surface area (Å²) in [6.07, 6.45) is 4.99. The number of fused-ring (bicyclic) bond motifs is 1. The Morgan fingerprint density at radius 3 is 3.06 bits per heavy atom. The average Bonchev–Trinajstić information content (AvgIpc) is 2.89. The fourth-order valence-electron chi connectivity index (χ4n) is 1.68. The lowest BCUT2D eigenvalue weighted by Crippen LogP contribution is -2.00.